The van der Waals surface area contributed by atoms with E-state index in [-0.39, 0.29) is 23.5 Å². The summed E-state index contributed by atoms with van der Waals surface area (Å²) >= 11 is 0. The Morgan fingerprint density at radius 3 is 2.62 bits per heavy atom. The van der Waals surface area contributed by atoms with E-state index in [9.17, 15) is 9.59 Å². The van der Waals surface area contributed by atoms with Crippen LogP contribution in [0.25, 0.3) is 0 Å². The van der Waals surface area contributed by atoms with Crippen molar-refractivity contribution in [1.29, 1.82) is 0 Å². The normalized spacial score (nSPS) is 29.6. The number of amides is 2. The van der Waals surface area contributed by atoms with Crippen molar-refractivity contribution < 1.29 is 19.1 Å². The maximum atomic E-state index is 13.0. The summed E-state index contributed by atoms with van der Waals surface area (Å²) in [4.78, 5) is 29.8. The van der Waals surface area contributed by atoms with Gasteiger partial charge in [0.05, 0.1) is 5.60 Å². The van der Waals surface area contributed by atoms with Crippen molar-refractivity contribution in [3.63, 3.8) is 0 Å². The Morgan fingerprint density at radius 2 is 1.88 bits per heavy atom. The molecule has 0 radical (unpaired) electrons. The van der Waals surface area contributed by atoms with Gasteiger partial charge in [0.1, 0.15) is 17.9 Å². The molecule has 1 aromatic carbocycles. The van der Waals surface area contributed by atoms with Crippen LogP contribution in [0.2, 0.25) is 0 Å². The van der Waals surface area contributed by atoms with Crippen molar-refractivity contribution in [1.82, 2.24) is 15.1 Å². The van der Waals surface area contributed by atoms with Gasteiger partial charge in [-0.15, -0.1) is 0 Å². The highest BCUT2D eigenvalue weighted by Crippen LogP contribution is 2.35. The monoisotopic (exact) mass is 467 g/mol. The van der Waals surface area contributed by atoms with E-state index in [4.69, 9.17) is 9.47 Å². The molecule has 3 aliphatic heterocycles. The first-order chi connectivity index (χ1) is 16.4. The first-order valence-corrected chi connectivity index (χ1v) is 12.8. The minimum atomic E-state index is -0.436. The molecule has 3 fully saturated rings. The van der Waals surface area contributed by atoms with Gasteiger partial charge in [-0.25, -0.2) is 0 Å². The van der Waals surface area contributed by atoms with Gasteiger partial charge in [-0.3, -0.25) is 14.5 Å². The van der Waals surface area contributed by atoms with Crippen LogP contribution in [0, 0.1) is 0 Å². The average molecular weight is 468 g/mol. The molecule has 1 aliphatic carbocycles. The third-order valence-corrected chi connectivity index (χ3v) is 8.38. The van der Waals surface area contributed by atoms with Crippen LogP contribution in [-0.4, -0.2) is 65.6 Å². The SMILES string of the molecule is C=C1CCC(N2Cc3cc(O[C@H]4CCCC[C@H]4N4CCC(C)(OC)CC4)ccc3C2=O)C(=O)N1. The third kappa shape index (κ3) is 4.48. The van der Waals surface area contributed by atoms with Gasteiger partial charge in [-0.05, 0) is 75.6 Å². The van der Waals surface area contributed by atoms with Crippen molar-refractivity contribution in [3.8, 4) is 5.75 Å². The Morgan fingerprint density at radius 1 is 1.12 bits per heavy atom. The van der Waals surface area contributed by atoms with Gasteiger partial charge in [0.25, 0.3) is 5.91 Å². The lowest BCUT2D eigenvalue weighted by molar-refractivity contribution is -0.126. The summed E-state index contributed by atoms with van der Waals surface area (Å²) in [5, 5.41) is 2.80. The lowest BCUT2D eigenvalue weighted by Gasteiger charge is -2.45. The molecule has 34 heavy (non-hydrogen) atoms. The molecule has 0 bridgehead atoms. The molecule has 0 spiro atoms. The number of carbonyl (C=O) groups excluding carboxylic acids is 2. The summed E-state index contributed by atoms with van der Waals surface area (Å²) in [6.07, 6.45) is 8.21. The number of nitrogens with one attached hydrogen (secondary N) is 1. The number of hydrogen-bond acceptors (Lipinski definition) is 5. The number of piperidine rings is 2. The average Bonchev–Trinajstić information content (AvgIpc) is 3.15. The summed E-state index contributed by atoms with van der Waals surface area (Å²) in [7, 11) is 1.82. The number of hydrogen-bond donors (Lipinski definition) is 1. The molecular formula is C27H37N3O4. The lowest BCUT2D eigenvalue weighted by atomic mass is 9.87. The van der Waals surface area contributed by atoms with E-state index in [2.05, 4.69) is 23.7 Å². The second-order valence-corrected chi connectivity index (χ2v) is 10.6. The van der Waals surface area contributed by atoms with Gasteiger partial charge < -0.3 is 19.7 Å². The molecule has 2 amide bonds. The van der Waals surface area contributed by atoms with Gasteiger partial charge in [0.15, 0.2) is 0 Å². The number of allylic oxidation sites excluding steroid dienone is 1. The maximum absolute atomic E-state index is 13.0. The fourth-order valence-corrected chi connectivity index (χ4v) is 6.04. The van der Waals surface area contributed by atoms with E-state index >= 15 is 0 Å². The van der Waals surface area contributed by atoms with Gasteiger partial charge in [0.2, 0.25) is 5.91 Å². The molecule has 1 N–H and O–H groups in total. The molecule has 5 rings (SSSR count). The standard InChI is InChI=1S/C27H37N3O4/c1-18-8-11-23(25(31)28-18)30-17-19-16-20(9-10-21(19)26(30)32)34-24-7-5-4-6-22(24)29-14-12-27(2,33-3)13-15-29/h9-10,16,22-24H,1,4-8,11-15,17H2,2-3H3,(H,28,31)/t22-,23?,24+/m1/s1. The van der Waals surface area contributed by atoms with Crippen LogP contribution < -0.4 is 10.1 Å². The maximum Gasteiger partial charge on any atom is 0.255 e. The number of likely N-dealkylation sites (tertiary alicyclic amines) is 1. The number of fused-ring (bicyclic) bond motifs is 1. The van der Waals surface area contributed by atoms with E-state index in [0.29, 0.717) is 31.0 Å². The van der Waals surface area contributed by atoms with Crippen LogP contribution in [0.1, 0.15) is 74.2 Å². The van der Waals surface area contributed by atoms with Crippen LogP contribution in [0.15, 0.2) is 30.5 Å². The molecule has 7 heteroatoms. The topological polar surface area (TPSA) is 71.1 Å². The molecule has 1 aromatic rings. The first kappa shape index (κ1) is 23.4. The highest BCUT2D eigenvalue weighted by atomic mass is 16.5. The zero-order chi connectivity index (χ0) is 23.9. The second kappa shape index (κ2) is 9.34. The van der Waals surface area contributed by atoms with Gasteiger partial charge >= 0.3 is 0 Å². The van der Waals surface area contributed by atoms with Crippen molar-refractivity contribution in [3.05, 3.63) is 41.6 Å². The second-order valence-electron chi connectivity index (χ2n) is 10.6. The van der Waals surface area contributed by atoms with Crippen molar-refractivity contribution >= 4 is 11.8 Å². The van der Waals surface area contributed by atoms with Crippen LogP contribution in [-0.2, 0) is 16.1 Å². The lowest BCUT2D eigenvalue weighted by Crippen LogP contribution is -2.53. The highest BCUT2D eigenvalue weighted by molar-refractivity contribution is 6.01. The number of ether oxygens (including phenoxy) is 2. The number of nitrogens with zero attached hydrogens (tertiary/aromatic N) is 2. The Labute approximate surface area is 202 Å². The zero-order valence-electron chi connectivity index (χ0n) is 20.5. The number of benzene rings is 1. The fourth-order valence-electron chi connectivity index (χ4n) is 6.04. The Hall–Kier alpha value is -2.38. The van der Waals surface area contributed by atoms with Crippen LogP contribution in [0.5, 0.6) is 5.75 Å². The minimum Gasteiger partial charge on any atom is -0.489 e. The number of rotatable bonds is 5. The summed E-state index contributed by atoms with van der Waals surface area (Å²) < 4.78 is 12.3. The van der Waals surface area contributed by atoms with Gasteiger partial charge in [-0.1, -0.05) is 13.0 Å². The van der Waals surface area contributed by atoms with Gasteiger partial charge in [-0.2, -0.15) is 0 Å². The molecule has 1 unspecified atom stereocenters. The molecule has 4 aliphatic rings. The molecule has 0 aromatic heterocycles. The predicted octanol–water partition coefficient (Wildman–Crippen LogP) is 3.63. The van der Waals surface area contributed by atoms with Crippen molar-refractivity contribution in [2.45, 2.75) is 88.6 Å². The quantitative estimate of drug-likeness (QED) is 0.716. The fraction of sp³-hybridized carbons (Fsp3) is 0.630. The molecular weight excluding hydrogens is 430 g/mol. The molecule has 2 saturated heterocycles. The summed E-state index contributed by atoms with van der Waals surface area (Å²) in [6, 6.07) is 5.79. The largest absolute Gasteiger partial charge is 0.489 e. The Balaban J connectivity index is 1.27. The first-order valence-electron chi connectivity index (χ1n) is 12.8. The molecule has 3 atom stereocenters. The number of carbonyl (C=O) groups is 2. The molecule has 3 heterocycles. The number of methoxy groups -OCH3 is 1. The van der Waals surface area contributed by atoms with E-state index in [1.54, 1.807) is 4.90 Å². The zero-order valence-corrected chi connectivity index (χ0v) is 20.5. The van der Waals surface area contributed by atoms with Crippen LogP contribution >= 0.6 is 0 Å². The van der Waals surface area contributed by atoms with E-state index in [1.165, 1.54) is 12.8 Å². The van der Waals surface area contributed by atoms with E-state index in [1.807, 2.05) is 25.3 Å². The Bertz CT molecular complexity index is 969. The predicted molar refractivity (Wildman–Crippen MR) is 130 cm³/mol. The third-order valence-electron chi connectivity index (χ3n) is 8.38. The van der Waals surface area contributed by atoms with Crippen LogP contribution in [0.4, 0.5) is 0 Å². The van der Waals surface area contributed by atoms with Crippen LogP contribution in [0.3, 0.4) is 0 Å². The molecule has 184 valence electrons. The summed E-state index contributed by atoms with van der Waals surface area (Å²) in [5.41, 5.74) is 2.34. The highest BCUT2D eigenvalue weighted by Gasteiger charge is 2.39. The minimum absolute atomic E-state index is 0.0115. The summed E-state index contributed by atoms with van der Waals surface area (Å²) in [5.74, 6) is 0.620. The molecule has 1 saturated carbocycles. The smallest absolute Gasteiger partial charge is 0.255 e. The van der Waals surface area contributed by atoms with Crippen molar-refractivity contribution in [2.75, 3.05) is 20.2 Å². The summed E-state index contributed by atoms with van der Waals surface area (Å²) in [6.45, 7) is 8.58. The molecule has 7 nitrogen and oxygen atoms in total. The van der Waals surface area contributed by atoms with Gasteiger partial charge in [0, 0.05) is 44.0 Å². The Kier molecular flexibility index (Phi) is 6.42. The van der Waals surface area contributed by atoms with E-state index < -0.39 is 6.04 Å². The van der Waals surface area contributed by atoms with Crippen molar-refractivity contribution in [2.24, 2.45) is 0 Å². The van der Waals surface area contributed by atoms with E-state index in [0.717, 1.165) is 55.8 Å².